The number of halogens is 2. The van der Waals surface area contributed by atoms with Crippen LogP contribution in [-0.2, 0) is 12.8 Å². The molecule has 0 aliphatic rings. The van der Waals surface area contributed by atoms with E-state index in [4.69, 9.17) is 16.0 Å². The Balaban J connectivity index is 1.46. The number of nitrogens with zero attached hydrogens (tertiary/aromatic N) is 4. The van der Waals surface area contributed by atoms with E-state index < -0.39 is 0 Å². The van der Waals surface area contributed by atoms with Gasteiger partial charge in [0.15, 0.2) is 16.7 Å². The number of hydrogen-bond donors (Lipinski definition) is 0. The Kier molecular flexibility index (Phi) is 4.96. The maximum absolute atomic E-state index is 13.1. The number of rotatable bonds is 5. The summed E-state index contributed by atoms with van der Waals surface area (Å²) in [6.45, 7) is 0. The lowest BCUT2D eigenvalue weighted by molar-refractivity contribution is 0.529. The Labute approximate surface area is 164 Å². The standard InChI is InChI=1S/C19H14ClFN4OS/c1-25-18(13-4-8-15(21)9-5-13)23-24-19(25)27-11-17-22-10-16(26-17)12-2-6-14(20)7-3-12/h2-10H,11H2,1H3. The SMILES string of the molecule is Cn1c(SCc2ncc(-c3ccc(Cl)cc3)o2)nnc1-c1ccc(F)cc1. The molecule has 0 saturated carbocycles. The van der Waals surface area contributed by atoms with Crippen LogP contribution < -0.4 is 0 Å². The van der Waals surface area contributed by atoms with Crippen molar-refractivity contribution in [3.05, 3.63) is 71.5 Å². The van der Waals surface area contributed by atoms with Gasteiger partial charge in [-0.3, -0.25) is 0 Å². The minimum atomic E-state index is -0.282. The molecule has 4 rings (SSSR count). The number of aromatic nitrogens is 4. The molecule has 4 aromatic rings. The molecule has 0 bridgehead atoms. The summed E-state index contributed by atoms with van der Waals surface area (Å²) < 4.78 is 20.8. The summed E-state index contributed by atoms with van der Waals surface area (Å²) in [6.07, 6.45) is 1.69. The second-order valence-electron chi connectivity index (χ2n) is 5.79. The third-order valence-electron chi connectivity index (χ3n) is 3.94. The predicted molar refractivity (Wildman–Crippen MR) is 103 cm³/mol. The van der Waals surface area contributed by atoms with Gasteiger partial charge in [-0.2, -0.15) is 0 Å². The first kappa shape index (κ1) is 17.8. The summed E-state index contributed by atoms with van der Waals surface area (Å²) in [4.78, 5) is 4.31. The molecule has 0 atom stereocenters. The van der Waals surface area contributed by atoms with Crippen molar-refractivity contribution in [3.8, 4) is 22.7 Å². The van der Waals surface area contributed by atoms with E-state index in [1.807, 2.05) is 35.9 Å². The summed E-state index contributed by atoms with van der Waals surface area (Å²) in [7, 11) is 1.87. The molecule has 5 nitrogen and oxygen atoms in total. The summed E-state index contributed by atoms with van der Waals surface area (Å²) >= 11 is 7.38. The van der Waals surface area contributed by atoms with Crippen molar-refractivity contribution < 1.29 is 8.81 Å². The van der Waals surface area contributed by atoms with Gasteiger partial charge in [0.05, 0.1) is 11.9 Å². The van der Waals surface area contributed by atoms with Crippen LogP contribution in [0.5, 0.6) is 0 Å². The second-order valence-corrected chi connectivity index (χ2v) is 7.16. The van der Waals surface area contributed by atoms with Crippen LogP contribution in [0.2, 0.25) is 5.02 Å². The fraction of sp³-hybridized carbons (Fsp3) is 0.105. The van der Waals surface area contributed by atoms with Gasteiger partial charge in [0.25, 0.3) is 0 Å². The Morgan fingerprint density at radius 1 is 1.04 bits per heavy atom. The summed E-state index contributed by atoms with van der Waals surface area (Å²) in [5, 5.41) is 9.79. The van der Waals surface area contributed by atoms with Gasteiger partial charge in [-0.05, 0) is 48.5 Å². The number of benzene rings is 2. The molecule has 0 fully saturated rings. The van der Waals surface area contributed by atoms with Crippen LogP contribution in [0.1, 0.15) is 5.89 Å². The smallest absolute Gasteiger partial charge is 0.205 e. The van der Waals surface area contributed by atoms with Gasteiger partial charge in [-0.15, -0.1) is 10.2 Å². The zero-order chi connectivity index (χ0) is 18.8. The molecule has 2 heterocycles. The Bertz CT molecular complexity index is 1060. The average molecular weight is 401 g/mol. The summed E-state index contributed by atoms with van der Waals surface area (Å²) in [6, 6.07) is 13.6. The minimum absolute atomic E-state index is 0.282. The van der Waals surface area contributed by atoms with E-state index in [-0.39, 0.29) is 5.82 Å². The maximum Gasteiger partial charge on any atom is 0.205 e. The van der Waals surface area contributed by atoms with Crippen molar-refractivity contribution in [2.24, 2.45) is 7.05 Å². The summed E-state index contributed by atoms with van der Waals surface area (Å²) in [5.41, 5.74) is 1.72. The van der Waals surface area contributed by atoms with Gasteiger partial charge < -0.3 is 8.98 Å². The molecule has 0 radical (unpaired) electrons. The van der Waals surface area contributed by atoms with E-state index in [1.165, 1.54) is 23.9 Å². The normalized spacial score (nSPS) is 11.1. The number of oxazole rings is 1. The van der Waals surface area contributed by atoms with Gasteiger partial charge >= 0.3 is 0 Å². The van der Waals surface area contributed by atoms with Crippen molar-refractivity contribution in [1.82, 2.24) is 19.7 Å². The Morgan fingerprint density at radius 2 is 1.74 bits per heavy atom. The van der Waals surface area contributed by atoms with Gasteiger partial charge in [0, 0.05) is 23.2 Å². The minimum Gasteiger partial charge on any atom is -0.440 e. The molecular weight excluding hydrogens is 387 g/mol. The van der Waals surface area contributed by atoms with Crippen LogP contribution >= 0.6 is 23.4 Å². The first-order valence-electron chi connectivity index (χ1n) is 8.09. The highest BCUT2D eigenvalue weighted by Crippen LogP contribution is 2.27. The highest BCUT2D eigenvalue weighted by atomic mass is 35.5. The van der Waals surface area contributed by atoms with E-state index in [0.717, 1.165) is 16.3 Å². The van der Waals surface area contributed by atoms with Gasteiger partial charge in [-0.1, -0.05) is 23.4 Å². The van der Waals surface area contributed by atoms with Crippen LogP contribution in [0, 0.1) is 5.82 Å². The molecule has 136 valence electrons. The van der Waals surface area contributed by atoms with Crippen LogP contribution in [0.15, 0.2) is 64.3 Å². The monoisotopic (exact) mass is 400 g/mol. The largest absolute Gasteiger partial charge is 0.440 e. The van der Waals surface area contributed by atoms with Crippen LogP contribution in [0.4, 0.5) is 4.39 Å². The molecule has 0 unspecified atom stereocenters. The molecule has 0 aliphatic heterocycles. The first-order valence-corrected chi connectivity index (χ1v) is 9.45. The lowest BCUT2D eigenvalue weighted by Gasteiger charge is -2.03. The second kappa shape index (κ2) is 7.54. The molecule has 0 spiro atoms. The predicted octanol–water partition coefficient (Wildman–Crippen LogP) is 5.22. The van der Waals surface area contributed by atoms with Gasteiger partial charge in [0.2, 0.25) is 5.89 Å². The third kappa shape index (κ3) is 3.89. The molecular formula is C19H14ClFN4OS. The van der Waals surface area contributed by atoms with Crippen molar-refractivity contribution in [2.75, 3.05) is 0 Å². The Hall–Kier alpha value is -2.64. The topological polar surface area (TPSA) is 56.7 Å². The van der Waals surface area contributed by atoms with E-state index in [0.29, 0.717) is 28.3 Å². The van der Waals surface area contributed by atoms with Crippen molar-refractivity contribution in [1.29, 1.82) is 0 Å². The lowest BCUT2D eigenvalue weighted by Crippen LogP contribution is -1.95. The van der Waals surface area contributed by atoms with Crippen molar-refractivity contribution >= 4 is 23.4 Å². The Morgan fingerprint density at radius 3 is 2.48 bits per heavy atom. The molecule has 2 aromatic carbocycles. The molecule has 0 aliphatic carbocycles. The first-order chi connectivity index (χ1) is 13.1. The molecule has 27 heavy (non-hydrogen) atoms. The molecule has 8 heteroatoms. The molecule has 2 aromatic heterocycles. The zero-order valence-electron chi connectivity index (χ0n) is 14.3. The fourth-order valence-corrected chi connectivity index (χ4v) is 3.43. The quantitative estimate of drug-likeness (QED) is 0.430. The van der Waals surface area contributed by atoms with Crippen LogP contribution in [0.25, 0.3) is 22.7 Å². The van der Waals surface area contributed by atoms with Crippen molar-refractivity contribution in [3.63, 3.8) is 0 Å². The van der Waals surface area contributed by atoms with Crippen molar-refractivity contribution in [2.45, 2.75) is 10.9 Å². The fourth-order valence-electron chi connectivity index (χ4n) is 2.54. The van der Waals surface area contributed by atoms with Gasteiger partial charge in [0.1, 0.15) is 5.82 Å². The molecule has 0 amide bonds. The number of hydrogen-bond acceptors (Lipinski definition) is 5. The van der Waals surface area contributed by atoms with E-state index in [9.17, 15) is 4.39 Å². The number of thioether (sulfide) groups is 1. The summed E-state index contributed by atoms with van der Waals surface area (Å²) in [5.74, 6) is 2.19. The van der Waals surface area contributed by atoms with Crippen LogP contribution in [0.3, 0.4) is 0 Å². The maximum atomic E-state index is 13.1. The molecule has 0 N–H and O–H groups in total. The van der Waals surface area contributed by atoms with E-state index >= 15 is 0 Å². The average Bonchev–Trinajstić information content (AvgIpc) is 3.28. The molecule has 0 saturated heterocycles. The van der Waals surface area contributed by atoms with Crippen LogP contribution in [-0.4, -0.2) is 19.7 Å². The third-order valence-corrected chi connectivity index (χ3v) is 5.20. The zero-order valence-corrected chi connectivity index (χ0v) is 15.8. The van der Waals surface area contributed by atoms with E-state index in [2.05, 4.69) is 15.2 Å². The van der Waals surface area contributed by atoms with E-state index in [1.54, 1.807) is 18.3 Å². The van der Waals surface area contributed by atoms with Gasteiger partial charge in [-0.25, -0.2) is 9.37 Å². The highest BCUT2D eigenvalue weighted by molar-refractivity contribution is 7.98. The lowest BCUT2D eigenvalue weighted by atomic mass is 10.2. The highest BCUT2D eigenvalue weighted by Gasteiger charge is 2.13.